The quantitative estimate of drug-likeness (QED) is 0.892. The number of fused-ring (bicyclic) bond motifs is 1. The van der Waals surface area contributed by atoms with Gasteiger partial charge in [-0.3, -0.25) is 4.90 Å². The average molecular weight is 343 g/mol. The van der Waals surface area contributed by atoms with E-state index in [4.69, 9.17) is 9.47 Å². The molecule has 4 atom stereocenters. The Morgan fingerprint density at radius 3 is 2.72 bits per heavy atom. The molecule has 1 aromatic carbocycles. The fourth-order valence-electron chi connectivity index (χ4n) is 5.78. The monoisotopic (exact) mass is 343 g/mol. The van der Waals surface area contributed by atoms with E-state index in [0.29, 0.717) is 24.0 Å². The van der Waals surface area contributed by atoms with Crippen molar-refractivity contribution in [1.29, 1.82) is 0 Å². The molecular weight excluding hydrogens is 314 g/mol. The number of ether oxygens (including phenoxy) is 2. The fourth-order valence-corrected chi connectivity index (χ4v) is 5.78. The highest BCUT2D eigenvalue weighted by molar-refractivity contribution is 5.28. The third kappa shape index (κ3) is 2.79. The minimum absolute atomic E-state index is 0.0313. The maximum absolute atomic E-state index is 9.74. The molecule has 3 aliphatic heterocycles. The second-order valence-electron chi connectivity index (χ2n) is 8.55. The smallest absolute Gasteiger partial charge is 0.119 e. The van der Waals surface area contributed by atoms with Gasteiger partial charge in [0, 0.05) is 38.1 Å². The maximum Gasteiger partial charge on any atom is 0.119 e. The molecule has 0 unspecified atom stereocenters. The molecule has 1 saturated carbocycles. The number of nitrogens with zero attached hydrogens (tertiary/aromatic N) is 1. The summed E-state index contributed by atoms with van der Waals surface area (Å²) in [6.45, 7) is 3.32. The lowest BCUT2D eigenvalue weighted by atomic mass is 9.74. The first-order valence-corrected chi connectivity index (χ1v) is 10.0. The molecule has 1 aliphatic carbocycles. The van der Waals surface area contributed by atoms with Gasteiger partial charge >= 0.3 is 0 Å². The molecule has 25 heavy (non-hydrogen) atoms. The van der Waals surface area contributed by atoms with Gasteiger partial charge in [0.1, 0.15) is 5.75 Å². The van der Waals surface area contributed by atoms with E-state index >= 15 is 0 Å². The van der Waals surface area contributed by atoms with Gasteiger partial charge in [0.05, 0.1) is 17.8 Å². The predicted molar refractivity (Wildman–Crippen MR) is 95.5 cm³/mol. The minimum Gasteiger partial charge on any atom is -0.490 e. The lowest BCUT2D eigenvalue weighted by Gasteiger charge is -2.28. The molecule has 0 radical (unpaired) electrons. The van der Waals surface area contributed by atoms with E-state index in [1.165, 1.54) is 37.7 Å². The van der Waals surface area contributed by atoms with Crippen molar-refractivity contribution in [3.63, 3.8) is 0 Å². The van der Waals surface area contributed by atoms with Crippen LogP contribution in [0.1, 0.15) is 44.1 Å². The van der Waals surface area contributed by atoms with Gasteiger partial charge in [0.25, 0.3) is 0 Å². The molecule has 3 heterocycles. The van der Waals surface area contributed by atoms with Crippen molar-refractivity contribution in [2.45, 2.75) is 62.9 Å². The number of likely N-dealkylation sites (tertiary alicyclic amines) is 1. The molecule has 4 aliphatic rings. The van der Waals surface area contributed by atoms with Crippen molar-refractivity contribution < 1.29 is 14.6 Å². The summed E-state index contributed by atoms with van der Waals surface area (Å²) in [7, 11) is 0. The Morgan fingerprint density at radius 1 is 1.16 bits per heavy atom. The number of hydrogen-bond donors (Lipinski definition) is 1. The van der Waals surface area contributed by atoms with Gasteiger partial charge in [-0.15, -0.1) is 0 Å². The first-order valence-electron chi connectivity index (χ1n) is 10.0. The number of benzene rings is 1. The standard InChI is InChI=1S/C21H29NO3/c23-13-18-19-12-22(14-21(19)10-9-20(18)25-21)11-15-5-7-17(8-6-15)24-16-3-1-2-4-16/h5-8,16,18-20,23H,1-4,9-14H2/t18-,19+,20+,21+/m0/s1. The van der Waals surface area contributed by atoms with Crippen LogP contribution in [0.25, 0.3) is 0 Å². The van der Waals surface area contributed by atoms with E-state index in [0.717, 1.165) is 31.8 Å². The fraction of sp³-hybridized carbons (Fsp3) is 0.714. The molecule has 2 bridgehead atoms. The van der Waals surface area contributed by atoms with Crippen LogP contribution >= 0.6 is 0 Å². The largest absolute Gasteiger partial charge is 0.490 e. The van der Waals surface area contributed by atoms with E-state index < -0.39 is 0 Å². The highest BCUT2D eigenvalue weighted by atomic mass is 16.5. The number of rotatable bonds is 5. The number of hydrogen-bond acceptors (Lipinski definition) is 4. The lowest BCUT2D eigenvalue weighted by Crippen LogP contribution is -2.37. The Labute approximate surface area is 150 Å². The zero-order chi connectivity index (χ0) is 16.9. The van der Waals surface area contributed by atoms with E-state index in [9.17, 15) is 5.11 Å². The summed E-state index contributed by atoms with van der Waals surface area (Å²) < 4.78 is 12.4. The van der Waals surface area contributed by atoms with Gasteiger partial charge in [-0.25, -0.2) is 0 Å². The second-order valence-corrected chi connectivity index (χ2v) is 8.55. The Bertz CT molecular complexity index is 612. The SMILES string of the molecule is OC[C@H]1[C@H]2CN(Cc3ccc(OC4CCCC4)cc3)C[C@]23CC[C@H]1O3. The van der Waals surface area contributed by atoms with Crippen molar-refractivity contribution in [3.8, 4) is 5.75 Å². The molecule has 0 amide bonds. The summed E-state index contributed by atoms with van der Waals surface area (Å²) in [5.41, 5.74) is 1.37. The molecule has 1 aromatic rings. The molecule has 1 N–H and O–H groups in total. The van der Waals surface area contributed by atoms with Crippen molar-refractivity contribution in [3.05, 3.63) is 29.8 Å². The summed E-state index contributed by atoms with van der Waals surface area (Å²) in [4.78, 5) is 2.52. The number of aliphatic hydroxyl groups is 1. The first kappa shape index (κ1) is 16.1. The highest BCUT2D eigenvalue weighted by Crippen LogP contribution is 2.54. The third-order valence-electron chi connectivity index (χ3n) is 7.00. The van der Waals surface area contributed by atoms with Gasteiger partial charge in [0.2, 0.25) is 0 Å². The maximum atomic E-state index is 9.74. The van der Waals surface area contributed by atoms with Crippen molar-refractivity contribution in [2.24, 2.45) is 11.8 Å². The van der Waals surface area contributed by atoms with Crippen LogP contribution in [0.5, 0.6) is 5.75 Å². The normalized spacial score (nSPS) is 37.7. The first-order chi connectivity index (χ1) is 12.3. The van der Waals surface area contributed by atoms with E-state index in [2.05, 4.69) is 29.2 Å². The Kier molecular flexibility index (Phi) is 4.03. The molecule has 1 spiro atoms. The van der Waals surface area contributed by atoms with Crippen LogP contribution in [0.4, 0.5) is 0 Å². The molecule has 3 saturated heterocycles. The molecule has 4 heteroatoms. The van der Waals surface area contributed by atoms with Gasteiger partial charge in [-0.1, -0.05) is 12.1 Å². The predicted octanol–water partition coefficient (Wildman–Crippen LogP) is 2.98. The van der Waals surface area contributed by atoms with Crippen LogP contribution in [0, 0.1) is 11.8 Å². The van der Waals surface area contributed by atoms with Crippen LogP contribution in [0.2, 0.25) is 0 Å². The summed E-state index contributed by atoms with van der Waals surface area (Å²) in [6, 6.07) is 8.67. The highest BCUT2D eigenvalue weighted by Gasteiger charge is 2.62. The number of aliphatic hydroxyl groups excluding tert-OH is 1. The van der Waals surface area contributed by atoms with Crippen LogP contribution in [-0.4, -0.2) is 47.5 Å². The summed E-state index contributed by atoms with van der Waals surface area (Å²) in [5.74, 6) is 1.87. The van der Waals surface area contributed by atoms with Gasteiger partial charge in [-0.2, -0.15) is 0 Å². The van der Waals surface area contributed by atoms with Crippen molar-refractivity contribution in [2.75, 3.05) is 19.7 Å². The minimum atomic E-state index is 0.0313. The Morgan fingerprint density at radius 2 is 1.96 bits per heavy atom. The lowest BCUT2D eigenvalue weighted by molar-refractivity contribution is 0.000378. The third-order valence-corrected chi connectivity index (χ3v) is 7.00. The van der Waals surface area contributed by atoms with Crippen LogP contribution < -0.4 is 4.74 Å². The Hall–Kier alpha value is -1.10. The van der Waals surface area contributed by atoms with Crippen LogP contribution in [-0.2, 0) is 11.3 Å². The zero-order valence-electron chi connectivity index (χ0n) is 14.9. The van der Waals surface area contributed by atoms with Crippen molar-refractivity contribution in [1.82, 2.24) is 4.90 Å². The molecule has 4 fully saturated rings. The molecule has 4 nitrogen and oxygen atoms in total. The topological polar surface area (TPSA) is 41.9 Å². The van der Waals surface area contributed by atoms with E-state index in [-0.39, 0.29) is 12.2 Å². The van der Waals surface area contributed by atoms with Crippen molar-refractivity contribution >= 4 is 0 Å². The van der Waals surface area contributed by atoms with E-state index in [1.54, 1.807) is 0 Å². The summed E-state index contributed by atoms with van der Waals surface area (Å²) in [5, 5.41) is 9.74. The molecule has 136 valence electrons. The van der Waals surface area contributed by atoms with Gasteiger partial charge in [0.15, 0.2) is 0 Å². The van der Waals surface area contributed by atoms with E-state index in [1.807, 2.05) is 0 Å². The Balaban J connectivity index is 1.21. The molecule has 0 aromatic heterocycles. The van der Waals surface area contributed by atoms with Crippen LogP contribution in [0.3, 0.4) is 0 Å². The summed E-state index contributed by atoms with van der Waals surface area (Å²) in [6.07, 6.45) is 8.04. The molecular formula is C21H29NO3. The van der Waals surface area contributed by atoms with Crippen LogP contribution in [0.15, 0.2) is 24.3 Å². The summed E-state index contributed by atoms with van der Waals surface area (Å²) >= 11 is 0. The zero-order valence-corrected chi connectivity index (χ0v) is 14.9. The van der Waals surface area contributed by atoms with Gasteiger partial charge < -0.3 is 14.6 Å². The second kappa shape index (κ2) is 6.26. The average Bonchev–Trinajstić information content (AvgIpc) is 3.36. The van der Waals surface area contributed by atoms with Gasteiger partial charge in [-0.05, 0) is 56.2 Å². The molecule has 5 rings (SSSR count).